The van der Waals surface area contributed by atoms with Crippen molar-refractivity contribution in [2.75, 3.05) is 6.61 Å². The topological polar surface area (TPSA) is 84.9 Å². The molecule has 126 valence electrons. The summed E-state index contributed by atoms with van der Waals surface area (Å²) in [5, 5.41) is 11.9. The molecule has 23 heavy (non-hydrogen) atoms. The molecule has 2 N–H and O–H groups in total. The van der Waals surface area contributed by atoms with Gasteiger partial charge in [-0.05, 0) is 33.3 Å². The molecule has 6 nitrogen and oxygen atoms in total. The summed E-state index contributed by atoms with van der Waals surface area (Å²) in [5.41, 5.74) is -0.176. The Bertz CT molecular complexity index is 611. The van der Waals surface area contributed by atoms with Crippen LogP contribution >= 0.6 is 0 Å². The van der Waals surface area contributed by atoms with Crippen LogP contribution in [0.25, 0.3) is 0 Å². The van der Waals surface area contributed by atoms with Gasteiger partial charge in [-0.2, -0.15) is 0 Å². The van der Waals surface area contributed by atoms with Gasteiger partial charge in [0, 0.05) is 17.5 Å². The Morgan fingerprint density at radius 3 is 2.74 bits per heavy atom. The molecule has 1 heterocycles. The second-order valence-corrected chi connectivity index (χ2v) is 6.39. The van der Waals surface area contributed by atoms with E-state index in [-0.39, 0.29) is 6.61 Å². The first kappa shape index (κ1) is 17.1. The maximum Gasteiger partial charge on any atom is 0.408 e. The van der Waals surface area contributed by atoms with Crippen molar-refractivity contribution in [3.05, 3.63) is 29.6 Å². The summed E-state index contributed by atoms with van der Waals surface area (Å²) in [6, 6.07) is 2.76. The predicted octanol–water partition coefficient (Wildman–Crippen LogP) is 2.67. The number of carboxylic acids is 1. The van der Waals surface area contributed by atoms with Gasteiger partial charge in [0.1, 0.15) is 23.2 Å². The first-order valence-corrected chi connectivity index (χ1v) is 7.32. The number of fused-ring (bicyclic) bond motifs is 1. The molecule has 0 saturated carbocycles. The zero-order valence-electron chi connectivity index (χ0n) is 13.3. The number of halogens is 1. The Hall–Kier alpha value is -2.31. The molecule has 0 bridgehead atoms. The normalized spacial score (nSPS) is 18.3. The van der Waals surface area contributed by atoms with Gasteiger partial charge in [-0.25, -0.2) is 14.0 Å². The number of rotatable bonds is 3. The third-order valence-corrected chi connectivity index (χ3v) is 3.40. The third kappa shape index (κ3) is 4.34. The Kier molecular flexibility index (Phi) is 4.77. The maximum absolute atomic E-state index is 13.3. The van der Waals surface area contributed by atoms with E-state index < -0.39 is 35.4 Å². The lowest BCUT2D eigenvalue weighted by atomic mass is 9.86. The van der Waals surface area contributed by atoms with E-state index >= 15 is 0 Å². The first-order valence-electron chi connectivity index (χ1n) is 7.32. The summed E-state index contributed by atoms with van der Waals surface area (Å²) in [7, 11) is 0. The number of carboxylic acid groups (broad SMARTS) is 1. The lowest BCUT2D eigenvalue weighted by Gasteiger charge is -2.31. The quantitative estimate of drug-likeness (QED) is 0.892. The lowest BCUT2D eigenvalue weighted by molar-refractivity contribution is -0.140. The van der Waals surface area contributed by atoms with E-state index in [1.54, 1.807) is 20.8 Å². The van der Waals surface area contributed by atoms with Gasteiger partial charge in [0.15, 0.2) is 0 Å². The molecule has 7 heteroatoms. The largest absolute Gasteiger partial charge is 0.493 e. The predicted molar refractivity (Wildman–Crippen MR) is 80.0 cm³/mol. The Morgan fingerprint density at radius 1 is 1.43 bits per heavy atom. The van der Waals surface area contributed by atoms with Crippen molar-refractivity contribution in [3.63, 3.8) is 0 Å². The molecular weight excluding hydrogens is 305 g/mol. The standard InChI is InChI=1S/C16H20FNO5/c1-16(2,3)23-15(21)18-13(14(19)20)11-6-7-22-12-8-9(17)4-5-10(11)12/h4-5,8,11,13H,6-7H2,1-3H3,(H,18,21)(H,19,20)/t11-,13?/m0/s1. The highest BCUT2D eigenvalue weighted by atomic mass is 19.1. The minimum atomic E-state index is -1.18. The van der Waals surface area contributed by atoms with Crippen molar-refractivity contribution in [1.29, 1.82) is 0 Å². The van der Waals surface area contributed by atoms with Gasteiger partial charge in [0.2, 0.25) is 0 Å². The van der Waals surface area contributed by atoms with Crippen LogP contribution in [0, 0.1) is 5.82 Å². The Labute approximate surface area is 133 Å². The highest BCUT2D eigenvalue weighted by Gasteiger charge is 2.36. The number of ether oxygens (including phenoxy) is 2. The zero-order chi connectivity index (χ0) is 17.2. The minimum Gasteiger partial charge on any atom is -0.493 e. The number of carbonyl (C=O) groups excluding carboxylic acids is 1. The lowest BCUT2D eigenvalue weighted by Crippen LogP contribution is -2.47. The van der Waals surface area contributed by atoms with Crippen LogP contribution in [0.15, 0.2) is 18.2 Å². The molecule has 0 radical (unpaired) electrons. The summed E-state index contributed by atoms with van der Waals surface area (Å²) in [6.07, 6.45) is -0.411. The first-order chi connectivity index (χ1) is 10.7. The number of hydrogen-bond donors (Lipinski definition) is 2. The van der Waals surface area contributed by atoms with Crippen LogP contribution < -0.4 is 10.1 Å². The summed E-state index contributed by atoms with van der Waals surface area (Å²) in [5.74, 6) is -1.86. The fourth-order valence-electron chi connectivity index (χ4n) is 2.51. The van der Waals surface area contributed by atoms with Crippen molar-refractivity contribution < 1.29 is 28.6 Å². The number of carbonyl (C=O) groups is 2. The molecule has 1 amide bonds. The molecule has 0 fully saturated rings. The monoisotopic (exact) mass is 325 g/mol. The molecule has 1 aromatic carbocycles. The number of alkyl carbamates (subject to hydrolysis) is 1. The van der Waals surface area contributed by atoms with E-state index in [2.05, 4.69) is 5.32 Å². The summed E-state index contributed by atoms with van der Waals surface area (Å²) >= 11 is 0. The second kappa shape index (κ2) is 6.44. The van der Waals surface area contributed by atoms with Gasteiger partial charge < -0.3 is 19.9 Å². The summed E-state index contributed by atoms with van der Waals surface area (Å²) < 4.78 is 23.8. The zero-order valence-corrected chi connectivity index (χ0v) is 13.3. The van der Waals surface area contributed by atoms with Crippen molar-refractivity contribution >= 4 is 12.1 Å². The summed E-state index contributed by atoms with van der Waals surface area (Å²) in [6.45, 7) is 5.32. The van der Waals surface area contributed by atoms with Gasteiger partial charge >= 0.3 is 12.1 Å². The van der Waals surface area contributed by atoms with Gasteiger partial charge in [-0.15, -0.1) is 0 Å². The molecule has 0 saturated heterocycles. The third-order valence-electron chi connectivity index (χ3n) is 3.40. The molecule has 1 aliphatic rings. The van der Waals surface area contributed by atoms with Crippen molar-refractivity contribution in [2.24, 2.45) is 0 Å². The van der Waals surface area contributed by atoms with Gasteiger partial charge in [0.25, 0.3) is 0 Å². The fourth-order valence-corrected chi connectivity index (χ4v) is 2.51. The minimum absolute atomic E-state index is 0.251. The van der Waals surface area contributed by atoms with E-state index in [0.29, 0.717) is 17.7 Å². The summed E-state index contributed by atoms with van der Waals surface area (Å²) in [4.78, 5) is 23.5. The van der Waals surface area contributed by atoms with Crippen LogP contribution in [0.2, 0.25) is 0 Å². The van der Waals surface area contributed by atoms with Crippen molar-refractivity contribution in [2.45, 2.75) is 44.8 Å². The second-order valence-electron chi connectivity index (χ2n) is 6.39. The number of aliphatic carboxylic acids is 1. The van der Waals surface area contributed by atoms with E-state index in [1.165, 1.54) is 18.2 Å². The van der Waals surface area contributed by atoms with E-state index in [4.69, 9.17) is 9.47 Å². The van der Waals surface area contributed by atoms with Crippen LogP contribution in [0.1, 0.15) is 38.7 Å². The molecule has 1 aliphatic heterocycles. The molecule has 1 aromatic rings. The fraction of sp³-hybridized carbons (Fsp3) is 0.500. The smallest absolute Gasteiger partial charge is 0.408 e. The van der Waals surface area contributed by atoms with Gasteiger partial charge in [-0.3, -0.25) is 0 Å². The van der Waals surface area contributed by atoms with Crippen LogP contribution in [-0.4, -0.2) is 35.4 Å². The average Bonchev–Trinajstić information content (AvgIpc) is 2.41. The van der Waals surface area contributed by atoms with E-state index in [0.717, 1.165) is 0 Å². The molecule has 2 rings (SSSR count). The van der Waals surface area contributed by atoms with Crippen molar-refractivity contribution in [3.8, 4) is 5.75 Å². The maximum atomic E-state index is 13.3. The molecule has 1 unspecified atom stereocenters. The highest BCUT2D eigenvalue weighted by Crippen LogP contribution is 2.36. The Balaban J connectivity index is 2.23. The van der Waals surface area contributed by atoms with Gasteiger partial charge in [-0.1, -0.05) is 6.07 Å². The molecule has 0 aliphatic carbocycles. The Morgan fingerprint density at radius 2 is 2.13 bits per heavy atom. The van der Waals surface area contributed by atoms with Crippen molar-refractivity contribution in [1.82, 2.24) is 5.32 Å². The van der Waals surface area contributed by atoms with Gasteiger partial charge in [0.05, 0.1) is 6.61 Å². The molecule has 0 aromatic heterocycles. The van der Waals surface area contributed by atoms with Crippen LogP contribution in [0.4, 0.5) is 9.18 Å². The number of amides is 1. The molecule has 0 spiro atoms. The number of nitrogens with one attached hydrogen (secondary N) is 1. The SMILES string of the molecule is CC(C)(C)OC(=O)NC(C(=O)O)[C@H]1CCOc2cc(F)ccc21. The van der Waals surface area contributed by atoms with Crippen LogP contribution in [0.5, 0.6) is 5.75 Å². The average molecular weight is 325 g/mol. The molecule has 2 atom stereocenters. The number of benzene rings is 1. The molecular formula is C16H20FNO5. The number of hydrogen-bond acceptors (Lipinski definition) is 4. The highest BCUT2D eigenvalue weighted by molar-refractivity contribution is 5.81. The van der Waals surface area contributed by atoms with E-state index in [1.807, 2.05) is 0 Å². The van der Waals surface area contributed by atoms with E-state index in [9.17, 15) is 19.1 Å². The van der Waals surface area contributed by atoms with Crippen LogP contribution in [-0.2, 0) is 9.53 Å². The van der Waals surface area contributed by atoms with Crippen LogP contribution in [0.3, 0.4) is 0 Å².